The number of likely N-dealkylation sites (N-methyl/N-ethyl adjacent to an activating group) is 1. The minimum Gasteiger partial charge on any atom is -0.507 e. The van der Waals surface area contributed by atoms with Gasteiger partial charge in [-0.05, 0) is 12.1 Å². The molecule has 0 radical (unpaired) electrons. The minimum absolute atomic E-state index is 0.0643. The third kappa shape index (κ3) is 2.17. The number of para-hydroxylation sites is 1. The van der Waals surface area contributed by atoms with Crippen molar-refractivity contribution in [2.45, 2.75) is 0 Å². The zero-order chi connectivity index (χ0) is 11.5. The van der Waals surface area contributed by atoms with E-state index in [9.17, 15) is 9.90 Å². The predicted octanol–water partition coefficient (Wildman–Crippen LogP) is -0.637. The second-order valence-electron chi connectivity index (χ2n) is 4.27. The van der Waals surface area contributed by atoms with Crippen LogP contribution in [0.3, 0.4) is 0 Å². The highest BCUT2D eigenvalue weighted by molar-refractivity contribution is 5.96. The Morgan fingerprint density at radius 3 is 2.56 bits per heavy atom. The van der Waals surface area contributed by atoms with E-state index in [0.717, 1.165) is 26.2 Å². The molecule has 1 fully saturated rings. The maximum Gasteiger partial charge on any atom is 0.258 e. The number of phenolic OH excluding ortho intramolecular Hbond substituents is 1. The van der Waals surface area contributed by atoms with Gasteiger partial charge in [-0.25, -0.2) is 0 Å². The van der Waals surface area contributed by atoms with Crippen molar-refractivity contribution in [1.82, 2.24) is 4.90 Å². The zero-order valence-corrected chi connectivity index (χ0v) is 9.44. The molecule has 16 heavy (non-hydrogen) atoms. The van der Waals surface area contributed by atoms with Gasteiger partial charge in [-0.3, -0.25) is 4.79 Å². The van der Waals surface area contributed by atoms with Crippen LogP contribution in [0, 0.1) is 0 Å². The number of hydrogen-bond donors (Lipinski definition) is 2. The van der Waals surface area contributed by atoms with Crippen LogP contribution in [0.2, 0.25) is 0 Å². The number of quaternary nitrogens is 1. The first kappa shape index (κ1) is 11.0. The Kier molecular flexibility index (Phi) is 3.10. The number of aromatic hydroxyl groups is 1. The van der Waals surface area contributed by atoms with Crippen LogP contribution >= 0.6 is 0 Å². The van der Waals surface area contributed by atoms with Crippen molar-refractivity contribution in [2.75, 3.05) is 33.2 Å². The highest BCUT2D eigenvalue weighted by Crippen LogP contribution is 2.17. The topological polar surface area (TPSA) is 45.0 Å². The summed E-state index contributed by atoms with van der Waals surface area (Å²) >= 11 is 0. The number of amides is 1. The molecule has 1 aromatic rings. The van der Waals surface area contributed by atoms with Crippen LogP contribution in [-0.4, -0.2) is 49.1 Å². The monoisotopic (exact) mass is 221 g/mol. The fourth-order valence-electron chi connectivity index (χ4n) is 1.92. The van der Waals surface area contributed by atoms with Crippen molar-refractivity contribution in [3.8, 4) is 5.75 Å². The van der Waals surface area contributed by atoms with Crippen molar-refractivity contribution in [3.05, 3.63) is 29.8 Å². The number of carbonyl (C=O) groups is 1. The fourth-order valence-corrected chi connectivity index (χ4v) is 1.92. The molecule has 1 heterocycles. The predicted molar refractivity (Wildman–Crippen MR) is 60.6 cm³/mol. The number of nitrogens with one attached hydrogen (secondary N) is 1. The van der Waals surface area contributed by atoms with Gasteiger partial charge in [0.05, 0.1) is 38.8 Å². The van der Waals surface area contributed by atoms with Crippen molar-refractivity contribution in [1.29, 1.82) is 0 Å². The second kappa shape index (κ2) is 4.53. The number of piperazine rings is 1. The molecule has 2 N–H and O–H groups in total. The lowest BCUT2D eigenvalue weighted by Crippen LogP contribution is -3.12. The lowest BCUT2D eigenvalue weighted by Gasteiger charge is -2.30. The van der Waals surface area contributed by atoms with E-state index in [0.29, 0.717) is 5.56 Å². The van der Waals surface area contributed by atoms with Gasteiger partial charge in [0.2, 0.25) is 0 Å². The molecule has 0 atom stereocenters. The summed E-state index contributed by atoms with van der Waals surface area (Å²) in [5, 5.41) is 9.61. The van der Waals surface area contributed by atoms with Gasteiger partial charge in [-0.2, -0.15) is 0 Å². The van der Waals surface area contributed by atoms with Gasteiger partial charge in [-0.15, -0.1) is 0 Å². The Morgan fingerprint density at radius 1 is 1.31 bits per heavy atom. The largest absolute Gasteiger partial charge is 0.507 e. The molecule has 2 rings (SSSR count). The van der Waals surface area contributed by atoms with Crippen LogP contribution in [0.1, 0.15) is 10.4 Å². The van der Waals surface area contributed by atoms with Gasteiger partial charge in [0.25, 0.3) is 5.91 Å². The summed E-state index contributed by atoms with van der Waals surface area (Å²) in [5.41, 5.74) is 0.405. The summed E-state index contributed by atoms with van der Waals surface area (Å²) in [6.45, 7) is 3.47. The Morgan fingerprint density at radius 2 is 1.94 bits per heavy atom. The highest BCUT2D eigenvalue weighted by Gasteiger charge is 2.23. The van der Waals surface area contributed by atoms with E-state index in [1.54, 1.807) is 24.3 Å². The van der Waals surface area contributed by atoms with E-state index in [1.165, 1.54) is 4.90 Å². The smallest absolute Gasteiger partial charge is 0.258 e. The lowest BCUT2D eigenvalue weighted by atomic mass is 10.1. The number of benzene rings is 1. The van der Waals surface area contributed by atoms with Crippen LogP contribution in [0.15, 0.2) is 24.3 Å². The highest BCUT2D eigenvalue weighted by atomic mass is 16.3. The van der Waals surface area contributed by atoms with Crippen molar-refractivity contribution < 1.29 is 14.8 Å². The van der Waals surface area contributed by atoms with Crippen molar-refractivity contribution in [3.63, 3.8) is 0 Å². The first-order chi connectivity index (χ1) is 7.68. The van der Waals surface area contributed by atoms with E-state index in [1.807, 2.05) is 4.90 Å². The molecule has 0 aromatic heterocycles. The zero-order valence-electron chi connectivity index (χ0n) is 9.44. The number of rotatable bonds is 1. The molecule has 1 aromatic carbocycles. The molecule has 0 aliphatic carbocycles. The SMILES string of the molecule is C[NH+]1CCN(C(=O)c2ccccc2O)CC1. The normalized spacial score (nSPS) is 17.4. The van der Waals surface area contributed by atoms with E-state index in [4.69, 9.17) is 0 Å². The van der Waals surface area contributed by atoms with Gasteiger partial charge < -0.3 is 14.9 Å². The number of hydrogen-bond acceptors (Lipinski definition) is 2. The van der Waals surface area contributed by atoms with E-state index in [2.05, 4.69) is 7.05 Å². The van der Waals surface area contributed by atoms with Crippen LogP contribution in [0.4, 0.5) is 0 Å². The standard InChI is InChI=1S/C12H16N2O2/c1-13-6-8-14(9-7-13)12(16)10-4-2-3-5-11(10)15/h2-5,15H,6-9H2,1H3/p+1. The van der Waals surface area contributed by atoms with Crippen molar-refractivity contribution in [2.24, 2.45) is 0 Å². The van der Waals surface area contributed by atoms with E-state index in [-0.39, 0.29) is 11.7 Å². The van der Waals surface area contributed by atoms with Gasteiger partial charge in [0, 0.05) is 0 Å². The van der Waals surface area contributed by atoms with Crippen LogP contribution < -0.4 is 4.90 Å². The Balaban J connectivity index is 2.11. The van der Waals surface area contributed by atoms with Crippen molar-refractivity contribution >= 4 is 5.91 Å². The summed E-state index contributed by atoms with van der Waals surface area (Å²) in [4.78, 5) is 15.3. The molecule has 0 saturated carbocycles. The summed E-state index contributed by atoms with van der Waals surface area (Å²) in [6.07, 6.45) is 0. The van der Waals surface area contributed by atoms with Gasteiger partial charge in [-0.1, -0.05) is 12.1 Å². The molecule has 0 unspecified atom stereocenters. The number of nitrogens with zero attached hydrogens (tertiary/aromatic N) is 1. The molecule has 1 saturated heterocycles. The molecule has 1 aliphatic heterocycles. The molecule has 0 bridgehead atoms. The third-order valence-corrected chi connectivity index (χ3v) is 3.04. The number of carbonyl (C=O) groups excluding carboxylic acids is 1. The molecule has 1 amide bonds. The molecular formula is C12H17N2O2+. The summed E-state index contributed by atoms with van der Waals surface area (Å²) in [7, 11) is 2.13. The third-order valence-electron chi connectivity index (χ3n) is 3.04. The molecule has 4 nitrogen and oxygen atoms in total. The van der Waals surface area contributed by atoms with Crippen LogP contribution in [0.5, 0.6) is 5.75 Å². The summed E-state index contributed by atoms with van der Waals surface area (Å²) < 4.78 is 0. The Labute approximate surface area is 95.1 Å². The van der Waals surface area contributed by atoms with Crippen LogP contribution in [0.25, 0.3) is 0 Å². The molecule has 4 heteroatoms. The first-order valence-electron chi connectivity index (χ1n) is 5.57. The second-order valence-corrected chi connectivity index (χ2v) is 4.27. The van der Waals surface area contributed by atoms with E-state index < -0.39 is 0 Å². The lowest BCUT2D eigenvalue weighted by molar-refractivity contribution is -0.883. The maximum atomic E-state index is 12.1. The van der Waals surface area contributed by atoms with Gasteiger partial charge in [0.15, 0.2) is 0 Å². The average molecular weight is 221 g/mol. The molecule has 1 aliphatic rings. The van der Waals surface area contributed by atoms with Gasteiger partial charge >= 0.3 is 0 Å². The first-order valence-corrected chi connectivity index (χ1v) is 5.57. The number of phenols is 1. The molecular weight excluding hydrogens is 204 g/mol. The summed E-state index contributed by atoms with van der Waals surface area (Å²) in [5.74, 6) is 0.00405. The summed E-state index contributed by atoms with van der Waals surface area (Å²) in [6, 6.07) is 6.71. The van der Waals surface area contributed by atoms with Crippen LogP contribution in [-0.2, 0) is 0 Å². The molecule has 86 valence electrons. The minimum atomic E-state index is -0.0643. The molecule has 0 spiro atoms. The van der Waals surface area contributed by atoms with E-state index >= 15 is 0 Å². The van der Waals surface area contributed by atoms with Gasteiger partial charge in [0.1, 0.15) is 5.75 Å². The fraction of sp³-hybridized carbons (Fsp3) is 0.417. The quantitative estimate of drug-likeness (QED) is 0.663. The Bertz CT molecular complexity index is 384. The average Bonchev–Trinajstić information content (AvgIpc) is 2.30. The maximum absolute atomic E-state index is 12.1. The Hall–Kier alpha value is -1.55.